The van der Waals surface area contributed by atoms with Gasteiger partial charge in [-0.15, -0.1) is 5.10 Å². The van der Waals surface area contributed by atoms with Crippen LogP contribution in [-0.4, -0.2) is 49.3 Å². The third-order valence-corrected chi connectivity index (χ3v) is 5.80. The number of aromatic amines is 1. The summed E-state index contributed by atoms with van der Waals surface area (Å²) in [6.07, 6.45) is 2.89. The van der Waals surface area contributed by atoms with Gasteiger partial charge in [0.05, 0.1) is 17.4 Å². The first-order valence-corrected chi connectivity index (χ1v) is 10.4. The Morgan fingerprint density at radius 1 is 1.12 bits per heavy atom. The lowest BCUT2D eigenvalue weighted by Crippen LogP contribution is -2.43. The summed E-state index contributed by atoms with van der Waals surface area (Å²) in [6.45, 7) is 0.491. The van der Waals surface area contributed by atoms with Gasteiger partial charge < -0.3 is 15.6 Å². The van der Waals surface area contributed by atoms with Gasteiger partial charge >= 0.3 is 0 Å². The molecular weight excluding hydrogens is 427 g/mol. The SMILES string of the molecule is NC(=O)C1CCCN1C(=O)c1ccc(-n2cc(-c3cc4cc(F)ccc4[nH]c3=O)nn2)cc1. The molecule has 10 heteroatoms. The smallest absolute Gasteiger partial charge is 0.258 e. The highest BCUT2D eigenvalue weighted by atomic mass is 19.1. The molecule has 33 heavy (non-hydrogen) atoms. The third kappa shape index (κ3) is 3.75. The molecule has 166 valence electrons. The summed E-state index contributed by atoms with van der Waals surface area (Å²) >= 11 is 0. The van der Waals surface area contributed by atoms with Crippen LogP contribution < -0.4 is 11.3 Å². The Labute approximate surface area is 186 Å². The average molecular weight is 446 g/mol. The number of hydrogen-bond donors (Lipinski definition) is 2. The number of primary amides is 1. The van der Waals surface area contributed by atoms with E-state index in [4.69, 9.17) is 5.73 Å². The zero-order chi connectivity index (χ0) is 23.1. The fraction of sp³-hybridized carbons (Fsp3) is 0.174. The van der Waals surface area contributed by atoms with Crippen molar-refractivity contribution >= 4 is 22.7 Å². The van der Waals surface area contributed by atoms with Gasteiger partial charge in [-0.3, -0.25) is 14.4 Å². The summed E-state index contributed by atoms with van der Waals surface area (Å²) in [5.74, 6) is -1.16. The highest BCUT2D eigenvalue weighted by Gasteiger charge is 2.33. The van der Waals surface area contributed by atoms with Crippen LogP contribution in [0.25, 0.3) is 27.8 Å². The van der Waals surface area contributed by atoms with Crippen molar-refractivity contribution in [1.82, 2.24) is 24.9 Å². The second kappa shape index (κ2) is 7.97. The van der Waals surface area contributed by atoms with Crippen LogP contribution in [0.15, 0.2) is 59.5 Å². The van der Waals surface area contributed by atoms with E-state index < -0.39 is 17.8 Å². The van der Waals surface area contributed by atoms with Crippen molar-refractivity contribution in [3.05, 3.63) is 76.5 Å². The Bertz CT molecular complexity index is 1440. The van der Waals surface area contributed by atoms with Crippen LogP contribution in [-0.2, 0) is 4.79 Å². The molecule has 9 nitrogen and oxygen atoms in total. The van der Waals surface area contributed by atoms with Crippen molar-refractivity contribution < 1.29 is 14.0 Å². The number of amides is 2. The molecule has 1 atom stereocenters. The number of benzene rings is 2. The van der Waals surface area contributed by atoms with E-state index in [1.54, 1.807) is 36.5 Å². The lowest BCUT2D eigenvalue weighted by Gasteiger charge is -2.22. The Hall–Kier alpha value is -4.34. The lowest BCUT2D eigenvalue weighted by atomic mass is 10.1. The molecule has 2 aromatic carbocycles. The number of nitrogens with zero attached hydrogens (tertiary/aromatic N) is 4. The van der Waals surface area contributed by atoms with Crippen molar-refractivity contribution in [3.63, 3.8) is 0 Å². The molecule has 0 aliphatic carbocycles. The summed E-state index contributed by atoms with van der Waals surface area (Å²) in [5, 5.41) is 8.69. The molecule has 3 N–H and O–H groups in total. The maximum atomic E-state index is 13.6. The molecule has 2 amide bonds. The number of aromatic nitrogens is 4. The van der Waals surface area contributed by atoms with Crippen LogP contribution in [0.5, 0.6) is 0 Å². The first-order chi connectivity index (χ1) is 15.9. The number of fused-ring (bicyclic) bond motifs is 1. The molecule has 1 fully saturated rings. The molecule has 3 heterocycles. The van der Waals surface area contributed by atoms with Crippen LogP contribution >= 0.6 is 0 Å². The molecule has 1 saturated heterocycles. The van der Waals surface area contributed by atoms with Crippen LogP contribution in [0.2, 0.25) is 0 Å². The van der Waals surface area contributed by atoms with Gasteiger partial charge in [0.2, 0.25) is 5.91 Å². The van der Waals surface area contributed by atoms with E-state index in [9.17, 15) is 18.8 Å². The number of pyridine rings is 1. The third-order valence-electron chi connectivity index (χ3n) is 5.80. The molecule has 1 unspecified atom stereocenters. The Morgan fingerprint density at radius 2 is 1.91 bits per heavy atom. The summed E-state index contributed by atoms with van der Waals surface area (Å²) in [5.41, 5.74) is 7.21. The van der Waals surface area contributed by atoms with Gasteiger partial charge in [-0.1, -0.05) is 5.21 Å². The van der Waals surface area contributed by atoms with E-state index in [1.807, 2.05) is 0 Å². The second-order valence-corrected chi connectivity index (χ2v) is 7.90. The topological polar surface area (TPSA) is 127 Å². The number of nitrogens with two attached hydrogens (primary N) is 1. The minimum Gasteiger partial charge on any atom is -0.368 e. The van der Waals surface area contributed by atoms with Gasteiger partial charge in [0.15, 0.2) is 0 Å². The standard InChI is InChI=1S/C23H19FN6O3/c24-15-5-8-18-14(10-15)11-17(22(32)26-18)19-12-30(28-27-19)16-6-3-13(4-7-16)23(33)29-9-1-2-20(29)21(25)31/h3-8,10-12,20H,1-2,9H2,(H2,25,31)(H,26,32). The van der Waals surface area contributed by atoms with E-state index in [2.05, 4.69) is 15.3 Å². The van der Waals surface area contributed by atoms with Crippen molar-refractivity contribution in [2.45, 2.75) is 18.9 Å². The first kappa shape index (κ1) is 20.6. The summed E-state index contributed by atoms with van der Waals surface area (Å²) in [7, 11) is 0. The fourth-order valence-electron chi connectivity index (χ4n) is 4.11. The van der Waals surface area contributed by atoms with Crippen molar-refractivity contribution in [2.75, 3.05) is 6.54 Å². The number of likely N-dealkylation sites (tertiary alicyclic amines) is 1. The van der Waals surface area contributed by atoms with E-state index in [-0.39, 0.29) is 17.0 Å². The number of carbonyl (C=O) groups excluding carboxylic acids is 2. The first-order valence-electron chi connectivity index (χ1n) is 10.4. The molecule has 0 bridgehead atoms. The van der Waals surface area contributed by atoms with Gasteiger partial charge in [-0.25, -0.2) is 9.07 Å². The molecule has 2 aromatic heterocycles. The highest BCUT2D eigenvalue weighted by Crippen LogP contribution is 2.22. The zero-order valence-corrected chi connectivity index (χ0v) is 17.4. The molecular formula is C23H19FN6O3. The molecule has 1 aliphatic heterocycles. The number of nitrogens with one attached hydrogen (secondary N) is 1. The minimum absolute atomic E-state index is 0.253. The van der Waals surface area contributed by atoms with Crippen molar-refractivity contribution in [2.24, 2.45) is 5.73 Å². The Kier molecular flexibility index (Phi) is 4.97. The number of hydrogen-bond acceptors (Lipinski definition) is 5. The number of halogens is 1. The zero-order valence-electron chi connectivity index (χ0n) is 17.4. The van der Waals surface area contributed by atoms with E-state index in [1.165, 1.54) is 27.8 Å². The van der Waals surface area contributed by atoms with Crippen LogP contribution in [0.1, 0.15) is 23.2 Å². The molecule has 5 rings (SSSR count). The number of H-pyrrole nitrogens is 1. The minimum atomic E-state index is -0.580. The highest BCUT2D eigenvalue weighted by molar-refractivity contribution is 5.97. The predicted octanol–water partition coefficient (Wildman–Crippen LogP) is 2.00. The van der Waals surface area contributed by atoms with Gasteiger partial charge in [-0.05, 0) is 61.4 Å². The molecule has 1 aliphatic rings. The summed E-state index contributed by atoms with van der Waals surface area (Å²) in [4.78, 5) is 41.1. The van der Waals surface area contributed by atoms with Crippen LogP contribution in [0.3, 0.4) is 0 Å². The summed E-state index contributed by atoms with van der Waals surface area (Å²) < 4.78 is 15.0. The number of carbonyl (C=O) groups is 2. The second-order valence-electron chi connectivity index (χ2n) is 7.90. The molecule has 0 saturated carbocycles. The molecule has 0 radical (unpaired) electrons. The van der Waals surface area contributed by atoms with E-state index in [0.29, 0.717) is 40.8 Å². The monoisotopic (exact) mass is 446 g/mol. The van der Waals surface area contributed by atoms with Gasteiger partial charge in [0.25, 0.3) is 11.5 Å². The van der Waals surface area contributed by atoms with Crippen molar-refractivity contribution in [1.29, 1.82) is 0 Å². The van der Waals surface area contributed by atoms with Crippen LogP contribution in [0.4, 0.5) is 4.39 Å². The van der Waals surface area contributed by atoms with Gasteiger partial charge in [0.1, 0.15) is 17.6 Å². The summed E-state index contributed by atoms with van der Waals surface area (Å²) in [6, 6.07) is 11.8. The fourth-order valence-corrected chi connectivity index (χ4v) is 4.11. The predicted molar refractivity (Wildman–Crippen MR) is 118 cm³/mol. The maximum absolute atomic E-state index is 13.6. The number of rotatable bonds is 4. The lowest BCUT2D eigenvalue weighted by molar-refractivity contribution is -0.121. The largest absolute Gasteiger partial charge is 0.368 e. The van der Waals surface area contributed by atoms with E-state index >= 15 is 0 Å². The van der Waals surface area contributed by atoms with Gasteiger partial charge in [-0.2, -0.15) is 0 Å². The van der Waals surface area contributed by atoms with E-state index in [0.717, 1.165) is 6.42 Å². The Morgan fingerprint density at radius 3 is 2.67 bits per heavy atom. The van der Waals surface area contributed by atoms with Crippen LogP contribution in [0, 0.1) is 5.82 Å². The quantitative estimate of drug-likeness (QED) is 0.496. The molecule has 0 spiro atoms. The Balaban J connectivity index is 1.41. The van der Waals surface area contributed by atoms with Gasteiger partial charge in [0, 0.05) is 23.0 Å². The van der Waals surface area contributed by atoms with Crippen molar-refractivity contribution in [3.8, 4) is 16.9 Å². The maximum Gasteiger partial charge on any atom is 0.258 e. The molecule has 4 aromatic rings. The normalized spacial score (nSPS) is 15.8. The average Bonchev–Trinajstić information content (AvgIpc) is 3.49.